The predicted octanol–water partition coefficient (Wildman–Crippen LogP) is 6.23. The van der Waals surface area contributed by atoms with Gasteiger partial charge >= 0.3 is 0 Å². The van der Waals surface area contributed by atoms with Crippen molar-refractivity contribution in [1.29, 1.82) is 0 Å². The zero-order chi connectivity index (χ0) is 31.0. The number of ether oxygens (including phenoxy) is 1. The predicted molar refractivity (Wildman–Crippen MR) is 168 cm³/mol. The molecule has 1 N–H and O–H groups in total. The fourth-order valence-corrected chi connectivity index (χ4v) is 6.40. The maximum Gasteiger partial charge on any atom is 0.264 e. The largest absolute Gasteiger partial charge is 0.495 e. The number of anilines is 1. The maximum absolute atomic E-state index is 14.3. The molecule has 0 heterocycles. The summed E-state index contributed by atoms with van der Waals surface area (Å²) in [5.74, 6) is -0.690. The first kappa shape index (κ1) is 33.2. The Morgan fingerprint density at radius 3 is 2.17 bits per heavy atom. The van der Waals surface area contributed by atoms with Crippen LogP contribution in [0.2, 0.25) is 10.0 Å². The molecule has 0 saturated heterocycles. The molecule has 0 aliphatic rings. The number of hydrogen-bond donors (Lipinski definition) is 1. The molecule has 2 amide bonds. The molecular formula is C31H37Cl2N3O5S. The van der Waals surface area contributed by atoms with Crippen molar-refractivity contribution >= 4 is 50.7 Å². The first-order chi connectivity index (χ1) is 19.9. The number of nitrogens with one attached hydrogen (secondary N) is 1. The van der Waals surface area contributed by atoms with Gasteiger partial charge in [0.1, 0.15) is 18.3 Å². The number of amides is 2. The molecule has 3 aromatic carbocycles. The molecule has 11 heteroatoms. The highest BCUT2D eigenvalue weighted by atomic mass is 35.5. The third kappa shape index (κ3) is 7.76. The molecule has 42 heavy (non-hydrogen) atoms. The topological polar surface area (TPSA) is 96.0 Å². The number of aryl methyl sites for hydroxylation is 1. The van der Waals surface area contributed by atoms with E-state index in [1.165, 1.54) is 24.1 Å². The molecule has 0 unspecified atom stereocenters. The Hall–Kier alpha value is -3.27. The zero-order valence-corrected chi connectivity index (χ0v) is 26.8. The van der Waals surface area contributed by atoms with Crippen LogP contribution in [0.5, 0.6) is 5.75 Å². The minimum Gasteiger partial charge on any atom is -0.495 e. The third-order valence-electron chi connectivity index (χ3n) is 6.99. The van der Waals surface area contributed by atoms with E-state index in [1.807, 2.05) is 20.8 Å². The highest BCUT2D eigenvalue weighted by Gasteiger charge is 2.35. The van der Waals surface area contributed by atoms with E-state index < -0.39 is 28.5 Å². The number of nitrogens with zero attached hydrogens (tertiary/aromatic N) is 2. The first-order valence-corrected chi connectivity index (χ1v) is 15.9. The molecule has 0 spiro atoms. The van der Waals surface area contributed by atoms with Gasteiger partial charge in [-0.05, 0) is 68.7 Å². The Bertz CT molecular complexity index is 1480. The molecule has 0 radical (unpaired) electrons. The van der Waals surface area contributed by atoms with Crippen molar-refractivity contribution in [3.63, 3.8) is 0 Å². The summed E-state index contributed by atoms with van der Waals surface area (Å²) in [7, 11) is -2.81. The Kier molecular flexibility index (Phi) is 11.7. The second-order valence-corrected chi connectivity index (χ2v) is 12.6. The second kappa shape index (κ2) is 14.8. The van der Waals surface area contributed by atoms with Crippen molar-refractivity contribution in [2.45, 2.75) is 64.1 Å². The molecule has 0 aliphatic carbocycles. The van der Waals surface area contributed by atoms with Crippen LogP contribution >= 0.6 is 23.2 Å². The monoisotopic (exact) mass is 633 g/mol. The number of hydrogen-bond acceptors (Lipinski definition) is 5. The Labute approximate surface area is 258 Å². The van der Waals surface area contributed by atoms with Crippen molar-refractivity contribution in [2.75, 3.05) is 18.0 Å². The average Bonchev–Trinajstić information content (AvgIpc) is 2.97. The number of methoxy groups -OCH3 is 1. The second-order valence-electron chi connectivity index (χ2n) is 9.96. The summed E-state index contributed by atoms with van der Waals surface area (Å²) in [4.78, 5) is 29.1. The molecule has 226 valence electrons. The molecule has 0 fully saturated rings. The normalized spacial score (nSPS) is 12.7. The van der Waals surface area contributed by atoms with Gasteiger partial charge in [0, 0.05) is 28.2 Å². The van der Waals surface area contributed by atoms with Gasteiger partial charge in [-0.15, -0.1) is 0 Å². The van der Waals surface area contributed by atoms with Crippen LogP contribution in [0.25, 0.3) is 0 Å². The van der Waals surface area contributed by atoms with Crippen LogP contribution in [0.15, 0.2) is 71.6 Å². The van der Waals surface area contributed by atoms with Gasteiger partial charge in [-0.1, -0.05) is 67.4 Å². The molecule has 0 bridgehead atoms. The van der Waals surface area contributed by atoms with Gasteiger partial charge in [0.2, 0.25) is 11.8 Å². The fraction of sp³-hybridized carbons (Fsp3) is 0.355. The Balaban J connectivity index is 2.16. The van der Waals surface area contributed by atoms with Crippen LogP contribution in [0, 0.1) is 6.92 Å². The summed E-state index contributed by atoms with van der Waals surface area (Å²) >= 11 is 13.0. The SMILES string of the molecule is CC[C@@H](C)NC(=O)[C@H](CC)N(Cc1c(Cl)cccc1Cl)C(=O)CN(c1cc(C)ccc1OC)S(=O)(=O)c1ccccc1. The van der Waals surface area contributed by atoms with Gasteiger partial charge in [-0.25, -0.2) is 8.42 Å². The zero-order valence-electron chi connectivity index (χ0n) is 24.4. The third-order valence-corrected chi connectivity index (χ3v) is 9.47. The van der Waals surface area contributed by atoms with Crippen LogP contribution in [-0.2, 0) is 26.2 Å². The highest BCUT2D eigenvalue weighted by molar-refractivity contribution is 7.92. The van der Waals surface area contributed by atoms with E-state index in [9.17, 15) is 18.0 Å². The lowest BCUT2D eigenvalue weighted by molar-refractivity contribution is -0.140. The molecule has 3 rings (SSSR count). The number of rotatable bonds is 13. The number of sulfonamides is 1. The molecule has 3 aromatic rings. The molecule has 2 atom stereocenters. The standard InChI is InChI=1S/C31H37Cl2N3O5S/c1-6-22(4)34-31(38)27(7-2)35(19-24-25(32)14-11-15-26(24)33)30(37)20-36(28-18-21(3)16-17-29(28)41-5)42(39,40)23-12-9-8-10-13-23/h8-18,22,27H,6-7,19-20H2,1-5H3,(H,34,38)/t22-,27+/m1/s1. The number of carbonyl (C=O) groups excluding carboxylic acids is 2. The number of halogens is 2. The van der Waals surface area contributed by atoms with E-state index in [-0.39, 0.29) is 41.2 Å². The van der Waals surface area contributed by atoms with Crippen molar-refractivity contribution in [1.82, 2.24) is 10.2 Å². The summed E-state index contributed by atoms with van der Waals surface area (Å²) in [5, 5.41) is 3.60. The minimum absolute atomic E-state index is 0.00335. The lowest BCUT2D eigenvalue weighted by Gasteiger charge is -2.34. The molecule has 0 aromatic heterocycles. The number of benzene rings is 3. The lowest BCUT2D eigenvalue weighted by atomic mass is 10.1. The quantitative estimate of drug-likeness (QED) is 0.241. The van der Waals surface area contributed by atoms with Gasteiger partial charge in [-0.2, -0.15) is 0 Å². The first-order valence-electron chi connectivity index (χ1n) is 13.7. The van der Waals surface area contributed by atoms with E-state index >= 15 is 0 Å². The lowest BCUT2D eigenvalue weighted by Crippen LogP contribution is -2.53. The maximum atomic E-state index is 14.3. The molecular weight excluding hydrogens is 597 g/mol. The van der Waals surface area contributed by atoms with Crippen molar-refractivity contribution in [2.24, 2.45) is 0 Å². The van der Waals surface area contributed by atoms with Crippen molar-refractivity contribution in [3.8, 4) is 5.75 Å². The fourth-order valence-electron chi connectivity index (χ4n) is 4.44. The van der Waals surface area contributed by atoms with Gasteiger partial charge in [0.05, 0.1) is 17.7 Å². The van der Waals surface area contributed by atoms with Crippen LogP contribution in [0.3, 0.4) is 0 Å². The highest BCUT2D eigenvalue weighted by Crippen LogP contribution is 2.34. The summed E-state index contributed by atoms with van der Waals surface area (Å²) < 4.78 is 34.7. The summed E-state index contributed by atoms with van der Waals surface area (Å²) in [6.45, 7) is 6.72. The van der Waals surface area contributed by atoms with Crippen LogP contribution < -0.4 is 14.4 Å². The Morgan fingerprint density at radius 2 is 1.60 bits per heavy atom. The summed E-state index contributed by atoms with van der Waals surface area (Å²) in [6, 6.07) is 16.9. The summed E-state index contributed by atoms with van der Waals surface area (Å²) in [5.41, 5.74) is 1.42. The average molecular weight is 635 g/mol. The van der Waals surface area contributed by atoms with Gasteiger partial charge < -0.3 is 15.0 Å². The molecule has 8 nitrogen and oxygen atoms in total. The number of carbonyl (C=O) groups is 2. The van der Waals surface area contributed by atoms with E-state index in [2.05, 4.69) is 5.32 Å². The smallest absolute Gasteiger partial charge is 0.264 e. The van der Waals surface area contributed by atoms with Crippen molar-refractivity contribution in [3.05, 3.63) is 87.9 Å². The minimum atomic E-state index is -4.24. The molecule has 0 saturated carbocycles. The van der Waals surface area contributed by atoms with E-state index in [0.717, 1.165) is 9.87 Å². The van der Waals surface area contributed by atoms with Gasteiger partial charge in [0.25, 0.3) is 10.0 Å². The summed E-state index contributed by atoms with van der Waals surface area (Å²) in [6.07, 6.45) is 0.970. The van der Waals surface area contributed by atoms with Crippen LogP contribution in [0.1, 0.15) is 44.7 Å². The van der Waals surface area contributed by atoms with E-state index in [0.29, 0.717) is 22.0 Å². The van der Waals surface area contributed by atoms with Crippen molar-refractivity contribution < 1.29 is 22.7 Å². The van der Waals surface area contributed by atoms with Gasteiger partial charge in [0.15, 0.2) is 0 Å². The van der Waals surface area contributed by atoms with E-state index in [4.69, 9.17) is 27.9 Å². The van der Waals surface area contributed by atoms with Crippen LogP contribution in [0.4, 0.5) is 5.69 Å². The van der Waals surface area contributed by atoms with Gasteiger partial charge in [-0.3, -0.25) is 13.9 Å². The van der Waals surface area contributed by atoms with E-state index in [1.54, 1.807) is 61.5 Å². The Morgan fingerprint density at radius 1 is 0.952 bits per heavy atom. The van der Waals surface area contributed by atoms with Crippen LogP contribution in [-0.4, -0.2) is 50.9 Å². The molecule has 0 aliphatic heterocycles.